The van der Waals surface area contributed by atoms with Crippen molar-refractivity contribution in [3.05, 3.63) is 24.3 Å². The molecule has 0 fully saturated rings. The van der Waals surface area contributed by atoms with E-state index in [2.05, 4.69) is 15.0 Å². The number of hydrogen-bond donors (Lipinski definition) is 3. The zero-order chi connectivity index (χ0) is 13.9. The Morgan fingerprint density at radius 3 is 2.58 bits per heavy atom. The number of sulfonamides is 1. The molecule has 0 aromatic heterocycles. The van der Waals surface area contributed by atoms with Crippen molar-refractivity contribution in [2.24, 2.45) is 10.7 Å². The quantitative estimate of drug-likeness (QED) is 0.711. The average molecular weight is 316 g/mol. The van der Waals surface area contributed by atoms with Crippen molar-refractivity contribution in [1.82, 2.24) is 4.72 Å². The molecule has 0 saturated heterocycles. The highest BCUT2D eigenvalue weighted by Gasteiger charge is 2.18. The van der Waals surface area contributed by atoms with Crippen molar-refractivity contribution >= 4 is 50.0 Å². The number of thioether (sulfide) groups is 1. The number of rotatable bonds is 3. The van der Waals surface area contributed by atoms with Crippen LogP contribution in [-0.2, 0) is 10.0 Å². The van der Waals surface area contributed by atoms with Gasteiger partial charge in [0.25, 0.3) is 10.0 Å². The first-order valence-electron chi connectivity index (χ1n) is 5.34. The molecule has 0 aliphatic carbocycles. The monoisotopic (exact) mass is 316 g/mol. The maximum absolute atomic E-state index is 12.0. The summed E-state index contributed by atoms with van der Waals surface area (Å²) in [4.78, 5) is 4.21. The second kappa shape index (κ2) is 5.76. The lowest BCUT2D eigenvalue weighted by molar-refractivity contribution is 0.593. The van der Waals surface area contributed by atoms with Crippen molar-refractivity contribution < 1.29 is 8.42 Å². The molecule has 19 heavy (non-hydrogen) atoms. The molecule has 0 saturated carbocycles. The number of anilines is 1. The van der Waals surface area contributed by atoms with Crippen LogP contribution in [0.1, 0.15) is 0 Å². The molecule has 1 aliphatic heterocycles. The molecule has 9 heteroatoms. The third-order valence-electron chi connectivity index (χ3n) is 2.24. The number of thiocarbonyl (C=S) groups is 1. The van der Waals surface area contributed by atoms with Gasteiger partial charge >= 0.3 is 0 Å². The highest BCUT2D eigenvalue weighted by atomic mass is 32.2. The highest BCUT2D eigenvalue weighted by Crippen LogP contribution is 2.16. The van der Waals surface area contributed by atoms with Crippen molar-refractivity contribution in [2.45, 2.75) is 4.90 Å². The van der Waals surface area contributed by atoms with Crippen LogP contribution >= 0.6 is 24.0 Å². The standard InChI is InChI=1S/C10H12N4O2S3/c11-9(17)13-7-1-3-8(4-2-7)19(15,16)14-10-12-5-6-18-10/h1-4H,5-6H2,(H,12,14)(H3,11,13,17). The maximum atomic E-state index is 12.0. The molecule has 1 aliphatic rings. The van der Waals surface area contributed by atoms with E-state index < -0.39 is 10.0 Å². The number of amidine groups is 1. The second-order valence-corrected chi connectivity index (χ2v) is 6.86. The molecule has 0 bridgehead atoms. The number of nitrogens with two attached hydrogens (primary N) is 1. The Hall–Kier alpha value is -1.32. The topological polar surface area (TPSA) is 96.6 Å². The summed E-state index contributed by atoms with van der Waals surface area (Å²) in [5.41, 5.74) is 5.97. The number of aliphatic imine (C=N–C) groups is 1. The van der Waals surface area contributed by atoms with Crippen LogP contribution in [0, 0.1) is 0 Å². The molecule has 0 radical (unpaired) electrons. The lowest BCUT2D eigenvalue weighted by Crippen LogP contribution is -2.27. The van der Waals surface area contributed by atoms with Gasteiger partial charge in [0.1, 0.15) is 0 Å². The van der Waals surface area contributed by atoms with Crippen molar-refractivity contribution in [1.29, 1.82) is 0 Å². The minimum atomic E-state index is -3.58. The average Bonchev–Trinajstić information content (AvgIpc) is 2.81. The summed E-state index contributed by atoms with van der Waals surface area (Å²) in [6.07, 6.45) is 0. The van der Waals surface area contributed by atoms with Gasteiger partial charge in [0.05, 0.1) is 11.4 Å². The van der Waals surface area contributed by atoms with Gasteiger partial charge in [-0.2, -0.15) is 0 Å². The van der Waals surface area contributed by atoms with Crippen LogP contribution < -0.4 is 15.8 Å². The number of benzene rings is 1. The Morgan fingerprint density at radius 1 is 1.37 bits per heavy atom. The fourth-order valence-electron chi connectivity index (χ4n) is 1.43. The smallest absolute Gasteiger partial charge is 0.263 e. The molecule has 0 spiro atoms. The first-order valence-corrected chi connectivity index (χ1v) is 8.22. The van der Waals surface area contributed by atoms with Gasteiger partial charge in [0, 0.05) is 11.4 Å². The Bertz CT molecular complexity index is 610. The predicted molar refractivity (Wildman–Crippen MR) is 81.9 cm³/mol. The van der Waals surface area contributed by atoms with Crippen LogP contribution in [0.2, 0.25) is 0 Å². The zero-order valence-corrected chi connectivity index (χ0v) is 12.2. The van der Waals surface area contributed by atoms with E-state index in [0.717, 1.165) is 5.75 Å². The number of hydrogen-bond acceptors (Lipinski definition) is 5. The molecule has 102 valence electrons. The molecule has 1 heterocycles. The molecule has 4 N–H and O–H groups in total. The van der Waals surface area contributed by atoms with Crippen LogP contribution in [0.5, 0.6) is 0 Å². The van der Waals surface area contributed by atoms with Crippen LogP contribution in [0.15, 0.2) is 34.2 Å². The Kier molecular flexibility index (Phi) is 4.27. The van der Waals surface area contributed by atoms with Gasteiger partial charge in [-0.05, 0) is 36.5 Å². The van der Waals surface area contributed by atoms with Crippen molar-refractivity contribution in [3.63, 3.8) is 0 Å². The Labute approximate surface area is 120 Å². The minimum Gasteiger partial charge on any atom is -0.376 e. The molecule has 0 unspecified atom stereocenters. The van der Waals surface area contributed by atoms with E-state index in [1.165, 1.54) is 23.9 Å². The van der Waals surface area contributed by atoms with E-state index in [1.54, 1.807) is 12.1 Å². The Balaban J connectivity index is 2.14. The van der Waals surface area contributed by atoms with Crippen molar-refractivity contribution in [2.75, 3.05) is 17.6 Å². The van der Waals surface area contributed by atoms with E-state index in [0.29, 0.717) is 17.4 Å². The highest BCUT2D eigenvalue weighted by molar-refractivity contribution is 8.15. The Morgan fingerprint density at radius 2 is 2.05 bits per heavy atom. The first kappa shape index (κ1) is 14.1. The van der Waals surface area contributed by atoms with Crippen LogP contribution in [-0.4, -0.2) is 31.0 Å². The molecular weight excluding hydrogens is 304 g/mol. The largest absolute Gasteiger partial charge is 0.376 e. The fourth-order valence-corrected chi connectivity index (χ4v) is 3.58. The van der Waals surface area contributed by atoms with Gasteiger partial charge in [-0.3, -0.25) is 9.71 Å². The lowest BCUT2D eigenvalue weighted by atomic mass is 10.3. The van der Waals surface area contributed by atoms with Crippen LogP contribution in [0.25, 0.3) is 0 Å². The fraction of sp³-hybridized carbons (Fsp3) is 0.200. The third kappa shape index (κ3) is 3.82. The SMILES string of the molecule is NC(=S)Nc1ccc(S(=O)(=O)NC2=NCCS2)cc1. The summed E-state index contributed by atoms with van der Waals surface area (Å²) >= 11 is 6.09. The van der Waals surface area contributed by atoms with Gasteiger partial charge in [0.15, 0.2) is 10.3 Å². The van der Waals surface area contributed by atoms with Gasteiger partial charge in [-0.25, -0.2) is 8.42 Å². The summed E-state index contributed by atoms with van der Waals surface area (Å²) in [5.74, 6) is 0.800. The van der Waals surface area contributed by atoms with E-state index in [4.69, 9.17) is 18.0 Å². The molecular formula is C10H12N4O2S3. The summed E-state index contributed by atoms with van der Waals surface area (Å²) in [6.45, 7) is 0.638. The normalized spacial score (nSPS) is 14.8. The van der Waals surface area contributed by atoms with Crippen LogP contribution in [0.3, 0.4) is 0 Å². The summed E-state index contributed by atoms with van der Waals surface area (Å²) in [5, 5.41) is 3.29. The van der Waals surface area contributed by atoms with E-state index in [9.17, 15) is 8.42 Å². The van der Waals surface area contributed by atoms with Crippen molar-refractivity contribution in [3.8, 4) is 0 Å². The van der Waals surface area contributed by atoms with E-state index >= 15 is 0 Å². The molecule has 0 amide bonds. The lowest BCUT2D eigenvalue weighted by Gasteiger charge is -2.08. The molecule has 0 atom stereocenters. The first-order chi connectivity index (χ1) is 8.97. The van der Waals surface area contributed by atoms with Crippen LogP contribution in [0.4, 0.5) is 5.69 Å². The second-order valence-electron chi connectivity index (χ2n) is 3.65. The van der Waals surface area contributed by atoms with Gasteiger partial charge in [-0.1, -0.05) is 11.8 Å². The molecule has 2 rings (SSSR count). The maximum Gasteiger partial charge on any atom is 0.263 e. The number of nitrogens with one attached hydrogen (secondary N) is 2. The third-order valence-corrected chi connectivity index (χ3v) is 4.72. The molecule has 1 aromatic carbocycles. The van der Waals surface area contributed by atoms with Gasteiger partial charge < -0.3 is 11.1 Å². The summed E-state index contributed by atoms with van der Waals surface area (Å²) in [6, 6.07) is 6.14. The predicted octanol–water partition coefficient (Wildman–Crippen LogP) is 0.723. The zero-order valence-electron chi connectivity index (χ0n) is 9.79. The van der Waals surface area contributed by atoms with Gasteiger partial charge in [-0.15, -0.1) is 0 Å². The summed E-state index contributed by atoms with van der Waals surface area (Å²) < 4.78 is 26.5. The number of nitrogens with zero attached hydrogens (tertiary/aromatic N) is 1. The summed E-state index contributed by atoms with van der Waals surface area (Å²) in [7, 11) is -3.58. The van der Waals surface area contributed by atoms with E-state index in [-0.39, 0.29) is 10.0 Å². The molecule has 6 nitrogen and oxygen atoms in total. The van der Waals surface area contributed by atoms with Gasteiger partial charge in [0.2, 0.25) is 0 Å². The van der Waals surface area contributed by atoms with E-state index in [1.807, 2.05) is 0 Å². The molecule has 1 aromatic rings. The minimum absolute atomic E-state index is 0.130.